The lowest BCUT2D eigenvalue weighted by atomic mass is 10.1. The molecule has 0 saturated carbocycles. The van der Waals surface area contributed by atoms with E-state index in [4.69, 9.17) is 4.74 Å². The molecule has 102 valence electrons. The summed E-state index contributed by atoms with van der Waals surface area (Å²) in [6.07, 6.45) is 5.47. The number of imidazole rings is 1. The molecule has 0 bridgehead atoms. The molecule has 2 heterocycles. The largest absolute Gasteiger partial charge is 0.478 e. The fourth-order valence-electron chi connectivity index (χ4n) is 2.60. The van der Waals surface area contributed by atoms with Crippen LogP contribution in [0.1, 0.15) is 0 Å². The highest BCUT2D eigenvalue weighted by Crippen LogP contribution is 2.27. The average Bonchev–Trinajstić information content (AvgIpc) is 2.98. The number of benzene rings is 2. The van der Waals surface area contributed by atoms with Crippen molar-refractivity contribution in [2.24, 2.45) is 0 Å². The van der Waals surface area contributed by atoms with Crippen molar-refractivity contribution in [3.8, 4) is 17.1 Å². The second-order valence-electron chi connectivity index (χ2n) is 4.84. The van der Waals surface area contributed by atoms with E-state index in [1.165, 1.54) is 10.8 Å². The minimum absolute atomic E-state index is 0.532. The molecule has 0 aliphatic carbocycles. The van der Waals surface area contributed by atoms with Crippen molar-refractivity contribution in [1.82, 2.24) is 14.4 Å². The van der Waals surface area contributed by atoms with Crippen LogP contribution in [-0.2, 0) is 0 Å². The number of fused-ring (bicyclic) bond motifs is 2. The van der Waals surface area contributed by atoms with Gasteiger partial charge in [-0.25, -0.2) is 9.97 Å². The normalized spacial score (nSPS) is 11.1. The third-order valence-corrected chi connectivity index (χ3v) is 3.63. The first-order valence-corrected chi connectivity index (χ1v) is 6.72. The first kappa shape index (κ1) is 11.9. The summed E-state index contributed by atoms with van der Waals surface area (Å²) in [5.74, 6) is 0.532. The van der Waals surface area contributed by atoms with E-state index in [0.717, 1.165) is 16.9 Å². The van der Waals surface area contributed by atoms with Crippen LogP contribution in [0, 0.1) is 0 Å². The quantitative estimate of drug-likeness (QED) is 0.561. The molecule has 4 aromatic rings. The third kappa shape index (κ3) is 1.84. The third-order valence-electron chi connectivity index (χ3n) is 3.63. The van der Waals surface area contributed by atoms with E-state index in [-0.39, 0.29) is 0 Å². The number of methoxy groups -OCH3 is 1. The molecular formula is C17H13N3O. The Morgan fingerprint density at radius 2 is 1.86 bits per heavy atom. The summed E-state index contributed by atoms with van der Waals surface area (Å²) in [6, 6.07) is 14.7. The van der Waals surface area contributed by atoms with Gasteiger partial charge in [0, 0.05) is 18.0 Å². The molecule has 0 spiro atoms. The van der Waals surface area contributed by atoms with E-state index in [1.807, 2.05) is 28.9 Å². The van der Waals surface area contributed by atoms with Gasteiger partial charge in [0.25, 0.3) is 5.88 Å². The van der Waals surface area contributed by atoms with Crippen molar-refractivity contribution < 1.29 is 4.74 Å². The summed E-state index contributed by atoms with van der Waals surface area (Å²) in [7, 11) is 1.60. The number of rotatable bonds is 2. The predicted molar refractivity (Wildman–Crippen MR) is 82.5 cm³/mol. The molecule has 0 saturated heterocycles. The molecule has 0 amide bonds. The van der Waals surface area contributed by atoms with Crippen LogP contribution < -0.4 is 4.74 Å². The minimum atomic E-state index is 0.532. The molecule has 0 atom stereocenters. The lowest BCUT2D eigenvalue weighted by Gasteiger charge is -2.05. The van der Waals surface area contributed by atoms with Gasteiger partial charge in [0.1, 0.15) is 0 Å². The molecular weight excluding hydrogens is 262 g/mol. The monoisotopic (exact) mass is 275 g/mol. The summed E-state index contributed by atoms with van der Waals surface area (Å²) >= 11 is 0. The molecule has 21 heavy (non-hydrogen) atoms. The summed E-state index contributed by atoms with van der Waals surface area (Å²) in [4.78, 5) is 8.60. The van der Waals surface area contributed by atoms with E-state index >= 15 is 0 Å². The zero-order valence-electron chi connectivity index (χ0n) is 11.5. The lowest BCUT2D eigenvalue weighted by molar-refractivity contribution is 0.400. The number of nitrogens with zero attached hydrogens (tertiary/aromatic N) is 3. The second-order valence-corrected chi connectivity index (χ2v) is 4.84. The van der Waals surface area contributed by atoms with Crippen molar-refractivity contribution in [3.05, 3.63) is 61.1 Å². The molecule has 0 aliphatic heterocycles. The fraction of sp³-hybridized carbons (Fsp3) is 0.0588. The van der Waals surface area contributed by atoms with Gasteiger partial charge in [-0.1, -0.05) is 36.4 Å². The maximum absolute atomic E-state index is 5.25. The van der Waals surface area contributed by atoms with Crippen molar-refractivity contribution in [2.45, 2.75) is 0 Å². The van der Waals surface area contributed by atoms with Gasteiger partial charge >= 0.3 is 0 Å². The highest BCUT2D eigenvalue weighted by atomic mass is 16.5. The van der Waals surface area contributed by atoms with Gasteiger partial charge in [-0.05, 0) is 16.8 Å². The van der Waals surface area contributed by atoms with Crippen LogP contribution in [-0.4, -0.2) is 21.5 Å². The summed E-state index contributed by atoms with van der Waals surface area (Å²) in [5.41, 5.74) is 2.87. The fourth-order valence-corrected chi connectivity index (χ4v) is 2.60. The van der Waals surface area contributed by atoms with E-state index in [9.17, 15) is 0 Å². The molecule has 0 aliphatic rings. The van der Waals surface area contributed by atoms with Crippen LogP contribution in [0.3, 0.4) is 0 Å². The zero-order chi connectivity index (χ0) is 14.2. The van der Waals surface area contributed by atoms with Gasteiger partial charge < -0.3 is 4.74 Å². The first-order valence-electron chi connectivity index (χ1n) is 6.72. The molecule has 4 rings (SSSR count). The van der Waals surface area contributed by atoms with Crippen LogP contribution in [0.5, 0.6) is 5.88 Å². The highest BCUT2D eigenvalue weighted by molar-refractivity contribution is 5.87. The molecule has 0 unspecified atom stereocenters. The summed E-state index contributed by atoms with van der Waals surface area (Å²) in [6.45, 7) is 0. The Balaban J connectivity index is 1.96. The Morgan fingerprint density at radius 3 is 2.71 bits per heavy atom. The first-order chi connectivity index (χ1) is 10.4. The van der Waals surface area contributed by atoms with Gasteiger partial charge in [-0.3, -0.25) is 4.40 Å². The Bertz CT molecular complexity index is 943. The smallest absolute Gasteiger partial charge is 0.258 e. The molecule has 0 N–H and O–H groups in total. The standard InChI is InChI=1S/C17H13N3O/c1-21-17-16-19-11-15(20(16)9-8-18-17)14-7-6-12-4-2-3-5-13(12)10-14/h2-11H,1H3. The molecule has 0 radical (unpaired) electrons. The van der Waals surface area contributed by atoms with Crippen LogP contribution in [0.4, 0.5) is 0 Å². The van der Waals surface area contributed by atoms with E-state index in [0.29, 0.717) is 5.88 Å². The van der Waals surface area contributed by atoms with Crippen molar-refractivity contribution in [1.29, 1.82) is 0 Å². The Kier molecular flexibility index (Phi) is 2.60. The van der Waals surface area contributed by atoms with Crippen LogP contribution in [0.15, 0.2) is 61.1 Å². The SMILES string of the molecule is COc1nccn2c(-c3ccc4ccccc4c3)cnc12. The maximum Gasteiger partial charge on any atom is 0.258 e. The molecule has 4 heteroatoms. The predicted octanol–water partition coefficient (Wildman–Crippen LogP) is 3.56. The van der Waals surface area contributed by atoms with Gasteiger partial charge in [-0.15, -0.1) is 0 Å². The van der Waals surface area contributed by atoms with Crippen LogP contribution in [0.2, 0.25) is 0 Å². The summed E-state index contributed by atoms with van der Waals surface area (Å²) in [5, 5.41) is 2.44. The van der Waals surface area contributed by atoms with E-state index in [2.05, 4.69) is 40.3 Å². The van der Waals surface area contributed by atoms with Crippen LogP contribution >= 0.6 is 0 Å². The average molecular weight is 275 g/mol. The van der Waals surface area contributed by atoms with E-state index in [1.54, 1.807) is 13.3 Å². The van der Waals surface area contributed by atoms with Crippen molar-refractivity contribution in [2.75, 3.05) is 7.11 Å². The van der Waals surface area contributed by atoms with Gasteiger partial charge in [0.15, 0.2) is 0 Å². The second kappa shape index (κ2) is 4.59. The minimum Gasteiger partial charge on any atom is -0.478 e. The Hall–Kier alpha value is -2.88. The van der Waals surface area contributed by atoms with Gasteiger partial charge in [0.05, 0.1) is 19.0 Å². The lowest BCUT2D eigenvalue weighted by Crippen LogP contribution is -1.94. The van der Waals surface area contributed by atoms with Gasteiger partial charge in [0.2, 0.25) is 5.65 Å². The molecule has 2 aromatic carbocycles. The van der Waals surface area contributed by atoms with Crippen molar-refractivity contribution >= 4 is 16.4 Å². The molecule has 4 nitrogen and oxygen atoms in total. The summed E-state index contributed by atoms with van der Waals surface area (Å²) < 4.78 is 7.25. The Morgan fingerprint density at radius 1 is 1.00 bits per heavy atom. The highest BCUT2D eigenvalue weighted by Gasteiger charge is 2.10. The number of aromatic nitrogens is 3. The topological polar surface area (TPSA) is 39.4 Å². The maximum atomic E-state index is 5.25. The number of ether oxygens (including phenoxy) is 1. The number of hydrogen-bond donors (Lipinski definition) is 0. The number of hydrogen-bond acceptors (Lipinski definition) is 3. The van der Waals surface area contributed by atoms with Crippen LogP contribution in [0.25, 0.3) is 27.7 Å². The molecule has 2 aromatic heterocycles. The molecule has 0 fully saturated rings. The van der Waals surface area contributed by atoms with Gasteiger partial charge in [-0.2, -0.15) is 0 Å². The van der Waals surface area contributed by atoms with E-state index < -0.39 is 0 Å². The zero-order valence-corrected chi connectivity index (χ0v) is 11.5. The van der Waals surface area contributed by atoms with Crippen molar-refractivity contribution in [3.63, 3.8) is 0 Å². The Labute approximate surface area is 121 Å².